The number of hydrogen-bond acceptors (Lipinski definition) is 4. The summed E-state index contributed by atoms with van der Waals surface area (Å²) in [5.74, 6) is 3.25. The predicted octanol–water partition coefficient (Wildman–Crippen LogP) is 3.56. The Morgan fingerprint density at radius 2 is 1.92 bits per heavy atom. The van der Waals surface area contributed by atoms with Crippen LogP contribution in [0.2, 0.25) is 0 Å². The van der Waals surface area contributed by atoms with Gasteiger partial charge in [-0.25, -0.2) is 0 Å². The Bertz CT molecular complexity index is 684. The monoisotopic (exact) mass is 373 g/mol. The van der Waals surface area contributed by atoms with Crippen molar-refractivity contribution in [1.82, 2.24) is 10.7 Å². The van der Waals surface area contributed by atoms with Gasteiger partial charge in [0.1, 0.15) is 0 Å². The molecule has 0 unspecified atom stereocenters. The van der Waals surface area contributed by atoms with Gasteiger partial charge in [-0.3, -0.25) is 5.43 Å². The van der Waals surface area contributed by atoms with E-state index in [0.29, 0.717) is 17.5 Å². The number of nitrogens with zero attached hydrogens (tertiary/aromatic N) is 1. The Hall–Kier alpha value is -1.82. The van der Waals surface area contributed by atoms with E-state index in [1.807, 2.05) is 6.92 Å². The summed E-state index contributed by atoms with van der Waals surface area (Å²) in [7, 11) is 0. The Kier molecular flexibility index (Phi) is 4.78. The number of phenols is 1. The Morgan fingerprint density at radius 3 is 2.54 bits per heavy atom. The van der Waals surface area contributed by atoms with Crippen molar-refractivity contribution < 1.29 is 9.84 Å². The highest BCUT2D eigenvalue weighted by atomic mass is 32.1. The number of ether oxygens (including phenoxy) is 1. The number of benzene rings is 1. The topological polar surface area (TPSA) is 65.9 Å². The molecule has 5 nitrogen and oxygen atoms in total. The number of phenolic OH excluding ortho intramolecular Hbond substituents is 1. The minimum absolute atomic E-state index is 0.135. The summed E-state index contributed by atoms with van der Waals surface area (Å²) in [4.78, 5) is 0. The van der Waals surface area contributed by atoms with Crippen molar-refractivity contribution in [2.75, 3.05) is 6.61 Å². The second kappa shape index (κ2) is 7.06. The molecule has 26 heavy (non-hydrogen) atoms. The normalized spacial score (nSPS) is 32.0. The van der Waals surface area contributed by atoms with E-state index < -0.39 is 0 Å². The highest BCUT2D eigenvalue weighted by molar-refractivity contribution is 7.80. The van der Waals surface area contributed by atoms with E-state index in [4.69, 9.17) is 17.0 Å². The summed E-state index contributed by atoms with van der Waals surface area (Å²) < 4.78 is 5.39. The highest BCUT2D eigenvalue weighted by Gasteiger charge is 2.51. The summed E-state index contributed by atoms with van der Waals surface area (Å²) in [6, 6.07) is 5.16. The lowest BCUT2D eigenvalue weighted by Gasteiger charge is -2.57. The van der Waals surface area contributed by atoms with E-state index in [-0.39, 0.29) is 11.3 Å². The van der Waals surface area contributed by atoms with Crippen molar-refractivity contribution in [1.29, 1.82) is 0 Å². The number of hydrogen-bond donors (Lipinski definition) is 3. The van der Waals surface area contributed by atoms with Crippen molar-refractivity contribution in [2.45, 2.75) is 51.0 Å². The molecule has 6 heteroatoms. The van der Waals surface area contributed by atoms with E-state index in [9.17, 15) is 5.11 Å². The summed E-state index contributed by atoms with van der Waals surface area (Å²) in [6.07, 6.45) is 9.70. The van der Waals surface area contributed by atoms with Gasteiger partial charge in [0, 0.05) is 5.54 Å². The maximum absolute atomic E-state index is 9.75. The molecule has 0 heterocycles. The molecule has 0 atom stereocenters. The molecule has 4 aliphatic carbocycles. The molecular formula is C20H27N3O2S. The molecule has 4 saturated carbocycles. The van der Waals surface area contributed by atoms with Crippen molar-refractivity contribution in [3.63, 3.8) is 0 Å². The number of thiocarbonyl (C=S) groups is 1. The fourth-order valence-electron chi connectivity index (χ4n) is 5.58. The molecule has 0 spiro atoms. The maximum Gasteiger partial charge on any atom is 0.187 e. The molecule has 5 rings (SSSR count). The van der Waals surface area contributed by atoms with Gasteiger partial charge in [-0.05, 0) is 99.2 Å². The molecule has 4 fully saturated rings. The molecule has 0 aromatic heterocycles. The van der Waals surface area contributed by atoms with Gasteiger partial charge in [-0.2, -0.15) is 5.10 Å². The highest BCUT2D eigenvalue weighted by Crippen LogP contribution is 2.55. The standard InChI is InChI=1S/C20H27N3O2S/c1-2-25-18-8-13(3-4-17(18)24)12-21-23-19(26)22-20-9-14-5-15(10-20)7-16(6-14)11-20/h3-4,8,12,14-16,24H,2,5-7,9-11H2,1H3,(H2,22,23,26). The Labute approximate surface area is 160 Å². The number of nitrogens with one attached hydrogen (secondary N) is 2. The van der Waals surface area contributed by atoms with Crippen molar-refractivity contribution in [3.8, 4) is 11.5 Å². The molecule has 0 aliphatic heterocycles. The van der Waals surface area contributed by atoms with E-state index in [2.05, 4.69) is 15.8 Å². The first-order chi connectivity index (χ1) is 12.5. The molecule has 1 aromatic carbocycles. The van der Waals surface area contributed by atoms with Crippen LogP contribution in [-0.4, -0.2) is 28.6 Å². The van der Waals surface area contributed by atoms with Crippen LogP contribution in [0.15, 0.2) is 23.3 Å². The van der Waals surface area contributed by atoms with Crippen molar-refractivity contribution in [2.24, 2.45) is 22.9 Å². The van der Waals surface area contributed by atoms with E-state index in [1.54, 1.807) is 24.4 Å². The fourth-order valence-corrected chi connectivity index (χ4v) is 5.85. The summed E-state index contributed by atoms with van der Waals surface area (Å²) in [6.45, 7) is 2.39. The summed E-state index contributed by atoms with van der Waals surface area (Å²) in [5.41, 5.74) is 3.99. The van der Waals surface area contributed by atoms with Gasteiger partial charge in [-0.1, -0.05) is 0 Å². The van der Waals surface area contributed by atoms with Gasteiger partial charge in [0.2, 0.25) is 0 Å². The average Bonchev–Trinajstić information content (AvgIpc) is 2.56. The minimum Gasteiger partial charge on any atom is -0.504 e. The smallest absolute Gasteiger partial charge is 0.187 e. The number of rotatable bonds is 5. The fraction of sp³-hybridized carbons (Fsp3) is 0.600. The van der Waals surface area contributed by atoms with Gasteiger partial charge in [0.05, 0.1) is 12.8 Å². The number of hydrazone groups is 1. The first-order valence-corrected chi connectivity index (χ1v) is 10.0. The summed E-state index contributed by atoms with van der Waals surface area (Å²) >= 11 is 5.49. The van der Waals surface area contributed by atoms with Crippen molar-refractivity contribution >= 4 is 23.5 Å². The van der Waals surface area contributed by atoms with Crippen LogP contribution in [0, 0.1) is 17.8 Å². The predicted molar refractivity (Wildman–Crippen MR) is 107 cm³/mol. The van der Waals surface area contributed by atoms with Gasteiger partial charge in [0.15, 0.2) is 16.6 Å². The zero-order valence-corrected chi connectivity index (χ0v) is 16.0. The molecule has 0 saturated heterocycles. The van der Waals surface area contributed by atoms with E-state index in [1.165, 1.54) is 38.5 Å². The first kappa shape index (κ1) is 17.6. The van der Waals surface area contributed by atoms with E-state index in [0.717, 1.165) is 23.3 Å². The molecular weight excluding hydrogens is 346 g/mol. The van der Waals surface area contributed by atoms with Crippen LogP contribution >= 0.6 is 12.2 Å². The molecule has 0 radical (unpaired) electrons. The maximum atomic E-state index is 9.75. The minimum atomic E-state index is 0.135. The van der Waals surface area contributed by atoms with Gasteiger partial charge < -0.3 is 15.2 Å². The van der Waals surface area contributed by atoms with E-state index >= 15 is 0 Å². The Morgan fingerprint density at radius 1 is 1.27 bits per heavy atom. The molecule has 140 valence electrons. The SMILES string of the molecule is CCOc1cc(C=NNC(=S)NC23CC4CC(CC(C4)C2)C3)ccc1O. The lowest BCUT2D eigenvalue weighted by atomic mass is 9.53. The van der Waals surface area contributed by atoms with Gasteiger partial charge >= 0.3 is 0 Å². The average molecular weight is 374 g/mol. The largest absolute Gasteiger partial charge is 0.504 e. The molecule has 0 amide bonds. The molecule has 4 bridgehead atoms. The molecule has 1 aromatic rings. The second-order valence-corrected chi connectivity index (χ2v) is 8.59. The number of aromatic hydroxyl groups is 1. The lowest BCUT2D eigenvalue weighted by Crippen LogP contribution is -2.61. The van der Waals surface area contributed by atoms with Crippen LogP contribution in [0.1, 0.15) is 51.0 Å². The van der Waals surface area contributed by atoms with Crippen LogP contribution in [0.4, 0.5) is 0 Å². The first-order valence-electron chi connectivity index (χ1n) is 9.62. The second-order valence-electron chi connectivity index (χ2n) is 8.18. The van der Waals surface area contributed by atoms with Gasteiger partial charge in [0.25, 0.3) is 0 Å². The third-order valence-corrected chi connectivity index (χ3v) is 6.27. The third kappa shape index (κ3) is 3.65. The van der Waals surface area contributed by atoms with Crippen LogP contribution in [0.3, 0.4) is 0 Å². The lowest BCUT2D eigenvalue weighted by molar-refractivity contribution is -0.0101. The van der Waals surface area contributed by atoms with Gasteiger partial charge in [-0.15, -0.1) is 0 Å². The Balaban J connectivity index is 1.34. The third-order valence-electron chi connectivity index (χ3n) is 6.08. The molecule has 3 N–H and O–H groups in total. The van der Waals surface area contributed by atoms with Crippen LogP contribution in [-0.2, 0) is 0 Å². The van der Waals surface area contributed by atoms with Crippen LogP contribution < -0.4 is 15.5 Å². The zero-order valence-electron chi connectivity index (χ0n) is 15.2. The van der Waals surface area contributed by atoms with Crippen LogP contribution in [0.25, 0.3) is 0 Å². The quantitative estimate of drug-likeness (QED) is 0.418. The summed E-state index contributed by atoms with van der Waals surface area (Å²) in [5, 5.41) is 18.2. The zero-order chi connectivity index (χ0) is 18.1. The molecule has 4 aliphatic rings. The van der Waals surface area contributed by atoms with Crippen molar-refractivity contribution in [3.05, 3.63) is 23.8 Å². The van der Waals surface area contributed by atoms with Crippen LogP contribution in [0.5, 0.6) is 11.5 Å².